The summed E-state index contributed by atoms with van der Waals surface area (Å²) in [5.74, 6) is -1.06. The van der Waals surface area contributed by atoms with Crippen molar-refractivity contribution in [2.24, 2.45) is 0 Å². The SMILES string of the molecule is O=C(O)/C=C\C(=O)N1CCN(c2nc(-c3ccccc3)c3cc([N+](=O)[O-])ccc3n2)CC1. The van der Waals surface area contributed by atoms with Crippen LogP contribution in [0, 0.1) is 10.1 Å². The Balaban J connectivity index is 1.66. The highest BCUT2D eigenvalue weighted by atomic mass is 16.6. The number of amides is 1. The number of fused-ring (bicyclic) bond motifs is 1. The second-order valence-electron chi connectivity index (χ2n) is 7.18. The van der Waals surface area contributed by atoms with E-state index in [-0.39, 0.29) is 11.6 Å². The Morgan fingerprint density at radius 1 is 1.00 bits per heavy atom. The van der Waals surface area contributed by atoms with E-state index < -0.39 is 10.9 Å². The van der Waals surface area contributed by atoms with E-state index in [2.05, 4.69) is 4.98 Å². The van der Waals surface area contributed by atoms with Crippen LogP contribution in [0.2, 0.25) is 0 Å². The Morgan fingerprint density at radius 3 is 2.38 bits per heavy atom. The van der Waals surface area contributed by atoms with Gasteiger partial charge in [-0.2, -0.15) is 0 Å². The molecule has 1 fully saturated rings. The molecule has 10 nitrogen and oxygen atoms in total. The number of rotatable bonds is 5. The summed E-state index contributed by atoms with van der Waals surface area (Å²) in [6, 6.07) is 13.9. The normalized spacial score (nSPS) is 14.1. The van der Waals surface area contributed by atoms with Gasteiger partial charge in [-0.3, -0.25) is 14.9 Å². The van der Waals surface area contributed by atoms with E-state index in [0.717, 1.165) is 17.7 Å². The van der Waals surface area contributed by atoms with Crippen LogP contribution >= 0.6 is 0 Å². The molecule has 0 aliphatic carbocycles. The zero-order valence-corrected chi connectivity index (χ0v) is 16.9. The maximum Gasteiger partial charge on any atom is 0.328 e. The van der Waals surface area contributed by atoms with Gasteiger partial charge >= 0.3 is 5.97 Å². The van der Waals surface area contributed by atoms with E-state index in [1.807, 2.05) is 35.2 Å². The minimum Gasteiger partial charge on any atom is -0.478 e. The molecule has 3 aromatic rings. The monoisotopic (exact) mass is 433 g/mol. The standard InChI is InChI=1S/C22H19N5O5/c28-19(8-9-20(29)30)25-10-12-26(13-11-25)22-23-18-7-6-16(27(31)32)14-17(18)21(24-22)15-4-2-1-3-5-15/h1-9,14H,10-13H2,(H,29,30)/b9-8-. The predicted molar refractivity (Wildman–Crippen MR) is 117 cm³/mol. The van der Waals surface area contributed by atoms with Crippen molar-refractivity contribution in [3.8, 4) is 11.3 Å². The number of nitrogens with zero attached hydrogens (tertiary/aromatic N) is 5. The molecule has 1 N–H and O–H groups in total. The Hall–Kier alpha value is -4.34. The van der Waals surface area contributed by atoms with E-state index in [1.54, 1.807) is 11.0 Å². The Labute approximate surface area is 182 Å². The summed E-state index contributed by atoms with van der Waals surface area (Å²) in [5.41, 5.74) is 1.96. The van der Waals surface area contributed by atoms with Gasteiger partial charge in [0, 0.05) is 61.4 Å². The first-order valence-electron chi connectivity index (χ1n) is 9.89. The lowest BCUT2D eigenvalue weighted by Gasteiger charge is -2.34. The predicted octanol–water partition coefficient (Wildman–Crippen LogP) is 2.49. The quantitative estimate of drug-likeness (QED) is 0.369. The largest absolute Gasteiger partial charge is 0.478 e. The van der Waals surface area contributed by atoms with Gasteiger partial charge in [-0.15, -0.1) is 0 Å². The lowest BCUT2D eigenvalue weighted by Crippen LogP contribution is -2.48. The number of hydrogen-bond acceptors (Lipinski definition) is 7. The van der Waals surface area contributed by atoms with Gasteiger partial charge in [-0.05, 0) is 6.07 Å². The highest BCUT2D eigenvalue weighted by molar-refractivity contribution is 5.95. The van der Waals surface area contributed by atoms with E-state index in [9.17, 15) is 19.7 Å². The Bertz CT molecular complexity index is 1220. The molecule has 4 rings (SSSR count). The third-order valence-electron chi connectivity index (χ3n) is 5.17. The lowest BCUT2D eigenvalue weighted by molar-refractivity contribution is -0.384. The van der Waals surface area contributed by atoms with E-state index in [0.29, 0.717) is 48.7 Å². The number of benzene rings is 2. The van der Waals surface area contributed by atoms with Crippen LogP contribution in [0.3, 0.4) is 0 Å². The van der Waals surface area contributed by atoms with Crippen LogP contribution in [-0.4, -0.2) is 63.0 Å². The number of aliphatic carboxylic acids is 1. The van der Waals surface area contributed by atoms with Crippen molar-refractivity contribution >= 4 is 34.4 Å². The molecule has 0 atom stereocenters. The van der Waals surface area contributed by atoms with Crippen LogP contribution in [0.1, 0.15) is 0 Å². The summed E-state index contributed by atoms with van der Waals surface area (Å²) in [7, 11) is 0. The van der Waals surface area contributed by atoms with Gasteiger partial charge in [-0.1, -0.05) is 30.3 Å². The fourth-order valence-corrected chi connectivity index (χ4v) is 3.55. The topological polar surface area (TPSA) is 130 Å². The highest BCUT2D eigenvalue weighted by Crippen LogP contribution is 2.31. The van der Waals surface area contributed by atoms with E-state index >= 15 is 0 Å². The number of piperazine rings is 1. The third kappa shape index (κ3) is 4.38. The fraction of sp³-hybridized carbons (Fsp3) is 0.182. The first-order chi connectivity index (χ1) is 15.4. The van der Waals surface area contributed by atoms with Crippen LogP contribution < -0.4 is 4.90 Å². The number of carboxylic acid groups (broad SMARTS) is 1. The fourth-order valence-electron chi connectivity index (χ4n) is 3.55. The summed E-state index contributed by atoms with van der Waals surface area (Å²) in [5, 5.41) is 20.5. The molecule has 0 spiro atoms. The van der Waals surface area contributed by atoms with Crippen LogP contribution in [0.15, 0.2) is 60.7 Å². The number of aromatic nitrogens is 2. The molecule has 0 saturated carbocycles. The van der Waals surface area contributed by atoms with Crippen molar-refractivity contribution in [1.29, 1.82) is 0 Å². The van der Waals surface area contributed by atoms with E-state index in [1.165, 1.54) is 12.1 Å². The molecule has 32 heavy (non-hydrogen) atoms. The molecule has 0 unspecified atom stereocenters. The molecule has 2 aromatic carbocycles. The highest BCUT2D eigenvalue weighted by Gasteiger charge is 2.23. The second-order valence-corrected chi connectivity index (χ2v) is 7.18. The van der Waals surface area contributed by atoms with Gasteiger partial charge in [0.1, 0.15) is 0 Å². The number of anilines is 1. The number of carboxylic acids is 1. The minimum absolute atomic E-state index is 0.0347. The van der Waals surface area contributed by atoms with Crippen LogP contribution in [0.25, 0.3) is 22.2 Å². The molecular weight excluding hydrogens is 414 g/mol. The number of carbonyl (C=O) groups is 2. The zero-order chi connectivity index (χ0) is 22.7. The van der Waals surface area contributed by atoms with Crippen molar-refractivity contribution < 1.29 is 19.6 Å². The second kappa shape index (κ2) is 8.80. The van der Waals surface area contributed by atoms with Crippen molar-refractivity contribution in [2.75, 3.05) is 31.1 Å². The van der Waals surface area contributed by atoms with Gasteiger partial charge in [0.25, 0.3) is 5.69 Å². The molecule has 2 heterocycles. The third-order valence-corrected chi connectivity index (χ3v) is 5.17. The van der Waals surface area contributed by atoms with Crippen LogP contribution in [-0.2, 0) is 9.59 Å². The summed E-state index contributed by atoms with van der Waals surface area (Å²) in [6.45, 7) is 1.73. The van der Waals surface area contributed by atoms with Crippen molar-refractivity contribution in [2.45, 2.75) is 0 Å². The number of non-ortho nitro benzene ring substituents is 1. The molecular formula is C22H19N5O5. The molecule has 10 heteroatoms. The number of hydrogen-bond donors (Lipinski definition) is 1. The molecule has 0 radical (unpaired) electrons. The maximum atomic E-state index is 12.1. The van der Waals surface area contributed by atoms with E-state index in [4.69, 9.17) is 10.1 Å². The van der Waals surface area contributed by atoms with Crippen molar-refractivity contribution in [1.82, 2.24) is 14.9 Å². The minimum atomic E-state index is -1.17. The first kappa shape index (κ1) is 20.9. The van der Waals surface area contributed by atoms with Gasteiger partial charge in [0.05, 0.1) is 16.1 Å². The Morgan fingerprint density at radius 2 is 1.72 bits per heavy atom. The van der Waals surface area contributed by atoms with Gasteiger partial charge in [0.2, 0.25) is 11.9 Å². The molecule has 1 saturated heterocycles. The summed E-state index contributed by atoms with van der Waals surface area (Å²) >= 11 is 0. The molecule has 1 amide bonds. The van der Waals surface area contributed by atoms with Crippen LogP contribution in [0.4, 0.5) is 11.6 Å². The number of carbonyl (C=O) groups excluding carboxylic acids is 1. The molecule has 1 aromatic heterocycles. The maximum absolute atomic E-state index is 12.1. The van der Waals surface area contributed by atoms with Crippen molar-refractivity contribution in [3.05, 3.63) is 70.8 Å². The molecule has 0 bridgehead atoms. The van der Waals surface area contributed by atoms with Gasteiger partial charge in [-0.25, -0.2) is 14.8 Å². The molecule has 1 aliphatic rings. The summed E-state index contributed by atoms with van der Waals surface area (Å²) in [4.78, 5) is 46.4. The van der Waals surface area contributed by atoms with Crippen LogP contribution in [0.5, 0.6) is 0 Å². The number of nitro benzene ring substituents is 1. The Kier molecular flexibility index (Phi) is 5.75. The summed E-state index contributed by atoms with van der Waals surface area (Å²) < 4.78 is 0. The number of nitro groups is 1. The molecule has 162 valence electrons. The summed E-state index contributed by atoms with van der Waals surface area (Å²) in [6.07, 6.45) is 1.87. The van der Waals surface area contributed by atoms with Gasteiger partial charge < -0.3 is 14.9 Å². The molecule has 1 aliphatic heterocycles. The lowest BCUT2D eigenvalue weighted by atomic mass is 10.1. The smallest absolute Gasteiger partial charge is 0.328 e. The first-order valence-corrected chi connectivity index (χ1v) is 9.89. The van der Waals surface area contributed by atoms with Gasteiger partial charge in [0.15, 0.2) is 0 Å². The zero-order valence-electron chi connectivity index (χ0n) is 16.9. The van der Waals surface area contributed by atoms with Crippen molar-refractivity contribution in [3.63, 3.8) is 0 Å². The average Bonchev–Trinajstić information content (AvgIpc) is 2.82. The average molecular weight is 433 g/mol.